The summed E-state index contributed by atoms with van der Waals surface area (Å²) in [6.45, 7) is 4.72. The van der Waals surface area contributed by atoms with Crippen LogP contribution in [0.4, 0.5) is 17.1 Å². The SMILES string of the molecule is CC1(C)c2ccccc2-c2ccc(N(c3ccccc3)c3cccc(-c4ccccc4)c3-c3ccccc3-n3c4ccccc4c4ccccc43)cc21. The van der Waals surface area contributed by atoms with Gasteiger partial charge >= 0.3 is 0 Å². The zero-order valence-corrected chi connectivity index (χ0v) is 29.9. The minimum Gasteiger partial charge on any atom is -0.310 e. The molecule has 0 radical (unpaired) electrons. The molecule has 0 amide bonds. The first kappa shape index (κ1) is 31.1. The third-order valence-electron chi connectivity index (χ3n) is 11.2. The Morgan fingerprint density at radius 2 is 0.981 bits per heavy atom. The second-order valence-corrected chi connectivity index (χ2v) is 14.5. The number of benzene rings is 8. The van der Waals surface area contributed by atoms with Gasteiger partial charge in [-0.1, -0.05) is 159 Å². The molecule has 8 aromatic carbocycles. The van der Waals surface area contributed by atoms with Gasteiger partial charge in [0.1, 0.15) is 0 Å². The number of hydrogen-bond donors (Lipinski definition) is 0. The molecule has 0 spiro atoms. The van der Waals surface area contributed by atoms with Gasteiger partial charge in [0.25, 0.3) is 0 Å². The standard InChI is InChI=1S/C51H38N2/c1-51(2)44-27-13-9-22-39(44)40-33-32-37(34-45(40)51)52(36-20-7-4-8-21-36)49-31-17-26-38(35-18-5-3-6-19-35)50(49)43-25-12-16-30-48(43)53-46-28-14-10-23-41(46)42-24-11-15-29-47(42)53/h3-34H,1-2H3. The molecule has 0 fully saturated rings. The van der Waals surface area contributed by atoms with Crippen LogP contribution in [-0.2, 0) is 5.41 Å². The summed E-state index contributed by atoms with van der Waals surface area (Å²) in [6.07, 6.45) is 0. The van der Waals surface area contributed by atoms with Crippen molar-refractivity contribution in [2.75, 3.05) is 4.90 Å². The monoisotopic (exact) mass is 678 g/mol. The third-order valence-corrected chi connectivity index (χ3v) is 11.2. The molecule has 0 saturated heterocycles. The number of hydrogen-bond acceptors (Lipinski definition) is 1. The summed E-state index contributed by atoms with van der Waals surface area (Å²) in [5.41, 5.74) is 16.9. The summed E-state index contributed by atoms with van der Waals surface area (Å²) >= 11 is 0. The number of fused-ring (bicyclic) bond motifs is 6. The van der Waals surface area contributed by atoms with Crippen LogP contribution in [-0.4, -0.2) is 4.57 Å². The van der Waals surface area contributed by atoms with E-state index in [2.05, 4.69) is 217 Å². The average Bonchev–Trinajstić information content (AvgIpc) is 3.67. The van der Waals surface area contributed by atoms with Crippen molar-refractivity contribution in [1.29, 1.82) is 0 Å². The molecule has 9 aromatic rings. The summed E-state index contributed by atoms with van der Waals surface area (Å²) in [7, 11) is 0. The van der Waals surface area contributed by atoms with E-state index in [9.17, 15) is 0 Å². The van der Waals surface area contributed by atoms with Crippen LogP contribution < -0.4 is 4.90 Å². The molecule has 10 rings (SSSR count). The number of nitrogens with zero attached hydrogens (tertiary/aromatic N) is 2. The summed E-state index contributed by atoms with van der Waals surface area (Å²) in [5, 5.41) is 2.50. The first-order valence-electron chi connectivity index (χ1n) is 18.5. The average molecular weight is 679 g/mol. The molecule has 1 aromatic heterocycles. The highest BCUT2D eigenvalue weighted by atomic mass is 15.1. The van der Waals surface area contributed by atoms with Gasteiger partial charge in [0.05, 0.1) is 22.4 Å². The maximum atomic E-state index is 2.46. The molecule has 1 aliphatic rings. The van der Waals surface area contributed by atoms with E-state index >= 15 is 0 Å². The van der Waals surface area contributed by atoms with E-state index in [4.69, 9.17) is 0 Å². The molecule has 0 bridgehead atoms. The Kier molecular flexibility index (Phi) is 7.19. The van der Waals surface area contributed by atoms with Crippen LogP contribution >= 0.6 is 0 Å². The molecule has 2 nitrogen and oxygen atoms in total. The fourth-order valence-electron chi connectivity index (χ4n) is 8.77. The van der Waals surface area contributed by atoms with Gasteiger partial charge in [-0.15, -0.1) is 0 Å². The smallest absolute Gasteiger partial charge is 0.0547 e. The van der Waals surface area contributed by atoms with Crippen LogP contribution in [0.25, 0.3) is 60.9 Å². The molecular weight excluding hydrogens is 641 g/mol. The number of para-hydroxylation sites is 4. The highest BCUT2D eigenvalue weighted by Crippen LogP contribution is 2.52. The van der Waals surface area contributed by atoms with Crippen LogP contribution in [0.1, 0.15) is 25.0 Å². The Balaban J connectivity index is 1.28. The summed E-state index contributed by atoms with van der Waals surface area (Å²) < 4.78 is 2.45. The lowest BCUT2D eigenvalue weighted by molar-refractivity contribution is 0.660. The highest BCUT2D eigenvalue weighted by Gasteiger charge is 2.36. The second kappa shape index (κ2) is 12.3. The maximum Gasteiger partial charge on any atom is 0.0547 e. The fraction of sp³-hybridized carbons (Fsp3) is 0.0588. The van der Waals surface area contributed by atoms with Gasteiger partial charge in [-0.05, 0) is 81.9 Å². The van der Waals surface area contributed by atoms with Crippen molar-refractivity contribution in [2.24, 2.45) is 0 Å². The van der Waals surface area contributed by atoms with Crippen LogP contribution in [0.3, 0.4) is 0 Å². The zero-order valence-electron chi connectivity index (χ0n) is 29.9. The number of rotatable bonds is 6. The minimum atomic E-state index is -0.123. The lowest BCUT2D eigenvalue weighted by Crippen LogP contribution is -2.17. The van der Waals surface area contributed by atoms with Crippen molar-refractivity contribution >= 4 is 38.9 Å². The van der Waals surface area contributed by atoms with Crippen LogP contribution in [0, 0.1) is 0 Å². The van der Waals surface area contributed by atoms with Crippen LogP contribution in [0.2, 0.25) is 0 Å². The third kappa shape index (κ3) is 4.87. The first-order valence-corrected chi connectivity index (χ1v) is 18.5. The quantitative estimate of drug-likeness (QED) is 0.170. The Bertz CT molecular complexity index is 2750. The largest absolute Gasteiger partial charge is 0.310 e. The molecule has 252 valence electrons. The zero-order chi connectivity index (χ0) is 35.5. The molecule has 1 aliphatic carbocycles. The molecular formula is C51H38N2. The Labute approximate surface area is 310 Å². The van der Waals surface area contributed by atoms with Gasteiger partial charge in [-0.2, -0.15) is 0 Å². The second-order valence-electron chi connectivity index (χ2n) is 14.5. The Morgan fingerprint density at radius 1 is 0.415 bits per heavy atom. The molecule has 2 heteroatoms. The lowest BCUT2D eigenvalue weighted by Gasteiger charge is -2.31. The topological polar surface area (TPSA) is 8.17 Å². The van der Waals surface area contributed by atoms with Crippen molar-refractivity contribution < 1.29 is 0 Å². The molecule has 0 aliphatic heterocycles. The Hall–Kier alpha value is -6.64. The van der Waals surface area contributed by atoms with Crippen molar-refractivity contribution in [3.63, 3.8) is 0 Å². The maximum absolute atomic E-state index is 2.46. The molecule has 0 saturated carbocycles. The molecule has 0 unspecified atom stereocenters. The molecule has 0 atom stereocenters. The molecule has 53 heavy (non-hydrogen) atoms. The van der Waals surface area contributed by atoms with E-state index in [1.807, 2.05) is 0 Å². The van der Waals surface area contributed by atoms with E-state index < -0.39 is 0 Å². The van der Waals surface area contributed by atoms with Crippen molar-refractivity contribution in [1.82, 2.24) is 4.57 Å². The van der Waals surface area contributed by atoms with Crippen molar-refractivity contribution in [3.8, 4) is 39.1 Å². The van der Waals surface area contributed by atoms with E-state index in [1.54, 1.807) is 0 Å². The van der Waals surface area contributed by atoms with Gasteiger partial charge in [-0.25, -0.2) is 0 Å². The van der Waals surface area contributed by atoms with Gasteiger partial charge in [-0.3, -0.25) is 0 Å². The van der Waals surface area contributed by atoms with Gasteiger partial charge in [0.2, 0.25) is 0 Å². The fourth-order valence-corrected chi connectivity index (χ4v) is 8.77. The predicted octanol–water partition coefficient (Wildman–Crippen LogP) is 13.9. The summed E-state index contributed by atoms with van der Waals surface area (Å²) in [5.74, 6) is 0. The first-order chi connectivity index (χ1) is 26.1. The lowest BCUT2D eigenvalue weighted by atomic mass is 9.82. The van der Waals surface area contributed by atoms with Crippen molar-refractivity contribution in [3.05, 3.63) is 205 Å². The minimum absolute atomic E-state index is 0.123. The molecule has 1 heterocycles. The van der Waals surface area contributed by atoms with Crippen LogP contribution in [0.5, 0.6) is 0 Å². The van der Waals surface area contributed by atoms with Gasteiger partial charge in [0, 0.05) is 38.7 Å². The highest BCUT2D eigenvalue weighted by molar-refractivity contribution is 6.10. The predicted molar refractivity (Wildman–Crippen MR) is 224 cm³/mol. The number of aromatic nitrogens is 1. The molecule has 0 N–H and O–H groups in total. The van der Waals surface area contributed by atoms with Gasteiger partial charge < -0.3 is 9.47 Å². The van der Waals surface area contributed by atoms with E-state index in [1.165, 1.54) is 66.3 Å². The van der Waals surface area contributed by atoms with Gasteiger partial charge in [0.15, 0.2) is 0 Å². The van der Waals surface area contributed by atoms with E-state index in [-0.39, 0.29) is 5.41 Å². The van der Waals surface area contributed by atoms with E-state index in [0.717, 1.165) is 22.7 Å². The summed E-state index contributed by atoms with van der Waals surface area (Å²) in [4.78, 5) is 2.46. The van der Waals surface area contributed by atoms with Crippen LogP contribution in [0.15, 0.2) is 194 Å². The van der Waals surface area contributed by atoms with Crippen molar-refractivity contribution in [2.45, 2.75) is 19.3 Å². The summed E-state index contributed by atoms with van der Waals surface area (Å²) in [6, 6.07) is 70.9. The Morgan fingerprint density at radius 3 is 1.72 bits per heavy atom. The number of anilines is 3. The normalized spacial score (nSPS) is 12.9. The van der Waals surface area contributed by atoms with E-state index in [0.29, 0.717) is 0 Å².